The van der Waals surface area contributed by atoms with Gasteiger partial charge in [-0.2, -0.15) is 9.50 Å². The lowest BCUT2D eigenvalue weighted by Crippen LogP contribution is -2.39. The van der Waals surface area contributed by atoms with Crippen molar-refractivity contribution in [3.63, 3.8) is 0 Å². The average molecular weight is 363 g/mol. The monoisotopic (exact) mass is 362 g/mol. The summed E-state index contributed by atoms with van der Waals surface area (Å²) in [4.78, 5) is 11.8. The molecule has 0 amide bonds. The average Bonchev–Trinajstić information content (AvgIpc) is 3.04. The minimum Gasteiger partial charge on any atom is -0.379 e. The number of nitrogens with one attached hydrogen (secondary N) is 1. The van der Waals surface area contributed by atoms with Crippen LogP contribution in [0.15, 0.2) is 5.16 Å². The highest BCUT2D eigenvalue weighted by Gasteiger charge is 2.21. The van der Waals surface area contributed by atoms with E-state index in [9.17, 15) is 0 Å². The highest BCUT2D eigenvalue weighted by atomic mass is 32.2. The highest BCUT2D eigenvalue weighted by molar-refractivity contribution is 7.99. The minimum atomic E-state index is 0.727. The van der Waals surface area contributed by atoms with Gasteiger partial charge in [0.1, 0.15) is 5.82 Å². The van der Waals surface area contributed by atoms with Crippen LogP contribution in [0.4, 0.5) is 5.82 Å². The first-order valence-electron chi connectivity index (χ1n) is 9.30. The number of anilines is 1. The topological polar surface area (TPSA) is 67.6 Å². The van der Waals surface area contributed by atoms with Crippen LogP contribution in [0, 0.1) is 0 Å². The summed E-state index contributed by atoms with van der Waals surface area (Å²) in [5, 5.41) is 9.15. The maximum atomic E-state index is 5.43. The fourth-order valence-electron chi connectivity index (χ4n) is 3.55. The summed E-state index contributed by atoms with van der Waals surface area (Å²) < 4.78 is 7.35. The van der Waals surface area contributed by atoms with Crippen molar-refractivity contribution in [1.29, 1.82) is 0 Å². The van der Waals surface area contributed by atoms with E-state index in [1.807, 2.05) is 4.52 Å². The molecule has 0 radical (unpaired) electrons. The fraction of sp³-hybridized carbons (Fsp3) is 0.706. The van der Waals surface area contributed by atoms with E-state index >= 15 is 0 Å². The predicted molar refractivity (Wildman–Crippen MR) is 99.6 cm³/mol. The summed E-state index contributed by atoms with van der Waals surface area (Å²) in [6.45, 7) is 7.77. The highest BCUT2D eigenvalue weighted by Crippen LogP contribution is 2.28. The van der Waals surface area contributed by atoms with Crippen LogP contribution in [0.1, 0.15) is 31.0 Å². The summed E-state index contributed by atoms with van der Waals surface area (Å²) in [6.07, 6.45) is 4.57. The number of hydrogen-bond acceptors (Lipinski definition) is 7. The first-order valence-corrected chi connectivity index (χ1v) is 10.3. The molecular formula is C17H26N6OS. The Morgan fingerprint density at radius 1 is 1.16 bits per heavy atom. The molecule has 4 rings (SSSR count). The largest absolute Gasteiger partial charge is 0.379 e. The lowest BCUT2D eigenvalue weighted by molar-refractivity contribution is 0.0398. The molecule has 0 unspecified atom stereocenters. The number of morpholine rings is 1. The van der Waals surface area contributed by atoms with Crippen molar-refractivity contribution in [3.8, 4) is 0 Å². The Kier molecular flexibility index (Phi) is 5.38. The van der Waals surface area contributed by atoms with Crippen LogP contribution in [0.25, 0.3) is 5.78 Å². The van der Waals surface area contributed by atoms with E-state index in [-0.39, 0.29) is 0 Å². The second-order valence-corrected chi connectivity index (χ2v) is 7.74. The van der Waals surface area contributed by atoms with E-state index in [0.717, 1.165) is 74.7 Å². The number of thioether (sulfide) groups is 1. The van der Waals surface area contributed by atoms with E-state index < -0.39 is 0 Å². The smallest absolute Gasteiger partial charge is 0.255 e. The van der Waals surface area contributed by atoms with Gasteiger partial charge in [0.15, 0.2) is 0 Å². The molecule has 8 heteroatoms. The Balaban J connectivity index is 1.57. The van der Waals surface area contributed by atoms with Gasteiger partial charge < -0.3 is 10.1 Å². The van der Waals surface area contributed by atoms with Gasteiger partial charge in [-0.25, -0.2) is 4.98 Å². The second-order valence-electron chi connectivity index (χ2n) is 6.51. The fourth-order valence-corrected chi connectivity index (χ4v) is 4.10. The Morgan fingerprint density at radius 3 is 2.84 bits per heavy atom. The van der Waals surface area contributed by atoms with Gasteiger partial charge in [-0.3, -0.25) is 4.90 Å². The normalized spacial score (nSPS) is 18.4. The first kappa shape index (κ1) is 17.1. The molecule has 1 N–H and O–H groups in total. The number of aromatic nitrogens is 4. The van der Waals surface area contributed by atoms with Gasteiger partial charge in [0.25, 0.3) is 5.78 Å². The number of aryl methyl sites for hydroxylation is 1. The maximum absolute atomic E-state index is 5.43. The Morgan fingerprint density at radius 2 is 2.00 bits per heavy atom. The molecule has 1 aliphatic heterocycles. The molecule has 2 aromatic rings. The van der Waals surface area contributed by atoms with Gasteiger partial charge in [0.05, 0.1) is 18.9 Å². The van der Waals surface area contributed by atoms with Gasteiger partial charge in [-0.1, -0.05) is 18.7 Å². The lowest BCUT2D eigenvalue weighted by Gasteiger charge is -2.27. The molecule has 1 fully saturated rings. The maximum Gasteiger partial charge on any atom is 0.255 e. The van der Waals surface area contributed by atoms with E-state index in [4.69, 9.17) is 9.72 Å². The number of nitrogens with zero attached hydrogens (tertiary/aromatic N) is 5. The first-order chi connectivity index (χ1) is 12.3. The molecule has 0 spiro atoms. The standard InChI is InChI=1S/C17H26N6OS/c1-2-25-17-20-16-19-14-6-4-3-5-13(14)15(23(16)21-17)18-7-8-22-9-11-24-12-10-22/h18H,2-12H2,1H3. The third kappa shape index (κ3) is 3.75. The van der Waals surface area contributed by atoms with E-state index in [1.165, 1.54) is 24.1 Å². The minimum absolute atomic E-state index is 0.727. The van der Waals surface area contributed by atoms with Gasteiger partial charge in [-0.05, 0) is 31.4 Å². The van der Waals surface area contributed by atoms with Crippen LogP contribution in [0.3, 0.4) is 0 Å². The van der Waals surface area contributed by atoms with Crippen LogP contribution in [-0.4, -0.2) is 69.6 Å². The van der Waals surface area contributed by atoms with Crippen molar-refractivity contribution >= 4 is 23.4 Å². The summed E-state index contributed by atoms with van der Waals surface area (Å²) in [6, 6.07) is 0. The van der Waals surface area contributed by atoms with Crippen molar-refractivity contribution in [3.05, 3.63) is 11.3 Å². The quantitative estimate of drug-likeness (QED) is 0.787. The third-order valence-corrected chi connectivity index (χ3v) is 5.56. The van der Waals surface area contributed by atoms with Crippen molar-refractivity contribution in [2.24, 2.45) is 0 Å². The van der Waals surface area contributed by atoms with Crippen molar-refractivity contribution in [1.82, 2.24) is 24.5 Å². The molecule has 0 atom stereocenters. The number of hydrogen-bond donors (Lipinski definition) is 1. The predicted octanol–water partition coefficient (Wildman–Crippen LogP) is 1.86. The number of ether oxygens (including phenoxy) is 1. The summed E-state index contributed by atoms with van der Waals surface area (Å²) >= 11 is 1.67. The zero-order valence-electron chi connectivity index (χ0n) is 14.8. The van der Waals surface area contributed by atoms with Crippen LogP contribution < -0.4 is 5.32 Å². The zero-order valence-corrected chi connectivity index (χ0v) is 15.6. The SMILES string of the molecule is CCSc1nc2nc3c(c(NCCN4CCOCC4)n2n1)CCCC3. The molecule has 0 saturated carbocycles. The summed E-state index contributed by atoms with van der Waals surface area (Å²) in [5.74, 6) is 2.80. The molecule has 3 heterocycles. The van der Waals surface area contributed by atoms with Crippen molar-refractivity contribution in [2.75, 3.05) is 50.5 Å². The molecule has 25 heavy (non-hydrogen) atoms. The van der Waals surface area contributed by atoms with E-state index in [0.29, 0.717) is 0 Å². The van der Waals surface area contributed by atoms with Gasteiger partial charge in [0, 0.05) is 31.7 Å². The summed E-state index contributed by atoms with van der Waals surface area (Å²) in [7, 11) is 0. The van der Waals surface area contributed by atoms with E-state index in [2.05, 4.69) is 27.2 Å². The Hall–Kier alpha value is -1.38. The van der Waals surface area contributed by atoms with Gasteiger partial charge in [0.2, 0.25) is 5.16 Å². The second kappa shape index (κ2) is 7.88. The number of rotatable bonds is 6. The van der Waals surface area contributed by atoms with Crippen LogP contribution >= 0.6 is 11.8 Å². The van der Waals surface area contributed by atoms with Crippen molar-refractivity contribution < 1.29 is 4.74 Å². The van der Waals surface area contributed by atoms with Crippen LogP contribution in [0.2, 0.25) is 0 Å². The zero-order chi connectivity index (χ0) is 17.1. The molecule has 2 aliphatic rings. The van der Waals surface area contributed by atoms with Crippen LogP contribution in [-0.2, 0) is 17.6 Å². The molecule has 2 aromatic heterocycles. The number of fused-ring (bicyclic) bond motifs is 2. The molecule has 7 nitrogen and oxygen atoms in total. The summed E-state index contributed by atoms with van der Waals surface area (Å²) in [5.41, 5.74) is 2.53. The third-order valence-electron chi connectivity index (χ3n) is 4.84. The van der Waals surface area contributed by atoms with Crippen molar-refractivity contribution in [2.45, 2.75) is 37.8 Å². The lowest BCUT2D eigenvalue weighted by atomic mass is 9.96. The van der Waals surface area contributed by atoms with Gasteiger partial charge >= 0.3 is 0 Å². The molecule has 1 saturated heterocycles. The Labute approximate surface area is 152 Å². The Bertz CT molecular complexity index is 727. The molecule has 1 aliphatic carbocycles. The van der Waals surface area contributed by atoms with E-state index in [1.54, 1.807) is 11.8 Å². The van der Waals surface area contributed by atoms with Crippen LogP contribution in [0.5, 0.6) is 0 Å². The van der Waals surface area contributed by atoms with Gasteiger partial charge in [-0.15, -0.1) is 5.10 Å². The molecule has 0 bridgehead atoms. The molecular weight excluding hydrogens is 336 g/mol. The molecule has 0 aromatic carbocycles. The molecule has 136 valence electrons.